The Morgan fingerprint density at radius 3 is 2.53 bits per heavy atom. The predicted molar refractivity (Wildman–Crippen MR) is 124 cm³/mol. The summed E-state index contributed by atoms with van der Waals surface area (Å²) in [6, 6.07) is 14.7. The predicted octanol–water partition coefficient (Wildman–Crippen LogP) is 4.53. The first-order valence-electron chi connectivity index (χ1n) is 10.0. The molecule has 0 fully saturated rings. The second-order valence-corrected chi connectivity index (χ2v) is 8.24. The van der Waals surface area contributed by atoms with E-state index in [4.69, 9.17) is 16.3 Å². The molecule has 0 saturated heterocycles. The Bertz CT molecular complexity index is 847. The van der Waals surface area contributed by atoms with E-state index in [1.165, 1.54) is 11.8 Å². The fraction of sp³-hybridized carbons (Fsp3) is 0.391. The number of rotatable bonds is 11. The molecule has 0 aliphatic heterocycles. The van der Waals surface area contributed by atoms with Crippen LogP contribution in [0.25, 0.3) is 0 Å². The second-order valence-electron chi connectivity index (χ2n) is 6.81. The molecule has 0 bridgehead atoms. The minimum atomic E-state index is -0.518. The number of methoxy groups -OCH3 is 1. The zero-order valence-corrected chi connectivity index (χ0v) is 19.3. The third-order valence-corrected chi connectivity index (χ3v) is 5.83. The molecule has 0 aromatic heterocycles. The summed E-state index contributed by atoms with van der Waals surface area (Å²) in [7, 11) is 1.61. The fourth-order valence-corrected chi connectivity index (χ4v) is 4.22. The van der Waals surface area contributed by atoms with Crippen LogP contribution in [0.5, 0.6) is 5.75 Å². The van der Waals surface area contributed by atoms with Gasteiger partial charge in [-0.15, -0.1) is 11.8 Å². The monoisotopic (exact) mass is 448 g/mol. The smallest absolute Gasteiger partial charge is 0.242 e. The molecule has 162 valence electrons. The summed E-state index contributed by atoms with van der Waals surface area (Å²) in [5.74, 6) is 1.49. The van der Waals surface area contributed by atoms with Gasteiger partial charge in [0.2, 0.25) is 11.8 Å². The number of hydrogen-bond acceptors (Lipinski definition) is 4. The van der Waals surface area contributed by atoms with E-state index in [9.17, 15) is 9.59 Å². The number of amides is 2. The van der Waals surface area contributed by atoms with Gasteiger partial charge in [-0.2, -0.15) is 0 Å². The molecule has 2 aromatic carbocycles. The second kappa shape index (κ2) is 12.5. The van der Waals surface area contributed by atoms with Crippen molar-refractivity contribution in [2.75, 3.05) is 19.4 Å². The third-order valence-electron chi connectivity index (χ3n) is 4.61. The van der Waals surface area contributed by atoms with Crippen LogP contribution >= 0.6 is 23.4 Å². The number of benzene rings is 2. The van der Waals surface area contributed by atoms with E-state index >= 15 is 0 Å². The average molecular weight is 449 g/mol. The summed E-state index contributed by atoms with van der Waals surface area (Å²) in [6.45, 7) is 4.67. The van der Waals surface area contributed by atoms with Crippen molar-refractivity contribution in [1.29, 1.82) is 0 Å². The molecule has 1 atom stereocenters. The summed E-state index contributed by atoms with van der Waals surface area (Å²) in [5, 5.41) is 3.53. The summed E-state index contributed by atoms with van der Waals surface area (Å²) in [5.41, 5.74) is 1.99. The lowest BCUT2D eigenvalue weighted by Crippen LogP contribution is -2.49. The zero-order chi connectivity index (χ0) is 21.9. The molecule has 0 saturated carbocycles. The van der Waals surface area contributed by atoms with Crippen molar-refractivity contribution in [2.24, 2.45) is 0 Å². The van der Waals surface area contributed by atoms with Crippen LogP contribution in [0.4, 0.5) is 0 Å². The van der Waals surface area contributed by atoms with Crippen LogP contribution in [-0.4, -0.2) is 42.2 Å². The Labute approximate surface area is 188 Å². The highest BCUT2D eigenvalue weighted by Crippen LogP contribution is 2.20. The lowest BCUT2D eigenvalue weighted by Gasteiger charge is -2.30. The van der Waals surface area contributed by atoms with Crippen molar-refractivity contribution in [2.45, 2.75) is 38.6 Å². The quantitative estimate of drug-likeness (QED) is 0.548. The molecule has 0 unspecified atom stereocenters. The van der Waals surface area contributed by atoms with Gasteiger partial charge in [0, 0.05) is 23.9 Å². The van der Waals surface area contributed by atoms with Crippen LogP contribution < -0.4 is 10.1 Å². The Balaban J connectivity index is 2.13. The van der Waals surface area contributed by atoms with E-state index < -0.39 is 6.04 Å². The Morgan fingerprint density at radius 1 is 1.13 bits per heavy atom. The van der Waals surface area contributed by atoms with E-state index in [0.29, 0.717) is 30.3 Å². The molecule has 30 heavy (non-hydrogen) atoms. The van der Waals surface area contributed by atoms with Crippen LogP contribution in [0.2, 0.25) is 5.02 Å². The van der Waals surface area contributed by atoms with Gasteiger partial charge in [0.15, 0.2) is 0 Å². The fourth-order valence-electron chi connectivity index (χ4n) is 3.14. The molecule has 5 nitrogen and oxygen atoms in total. The lowest BCUT2D eigenvalue weighted by molar-refractivity contribution is -0.139. The highest BCUT2D eigenvalue weighted by Gasteiger charge is 2.28. The highest BCUT2D eigenvalue weighted by atomic mass is 35.5. The van der Waals surface area contributed by atoms with Gasteiger partial charge in [0.25, 0.3) is 0 Å². The number of ether oxygens (including phenoxy) is 1. The summed E-state index contributed by atoms with van der Waals surface area (Å²) in [4.78, 5) is 27.4. The van der Waals surface area contributed by atoms with Crippen molar-refractivity contribution in [3.8, 4) is 5.75 Å². The first-order valence-corrected chi connectivity index (χ1v) is 11.5. The largest absolute Gasteiger partial charge is 0.497 e. The van der Waals surface area contributed by atoms with E-state index in [-0.39, 0.29) is 17.6 Å². The van der Waals surface area contributed by atoms with Crippen LogP contribution in [0.1, 0.15) is 31.4 Å². The topological polar surface area (TPSA) is 58.6 Å². The molecule has 0 aliphatic carbocycles. The van der Waals surface area contributed by atoms with Gasteiger partial charge in [0.1, 0.15) is 11.8 Å². The molecule has 2 rings (SSSR count). The lowest BCUT2D eigenvalue weighted by atomic mass is 10.1. The molecule has 0 radical (unpaired) electrons. The number of halogens is 1. The van der Waals surface area contributed by atoms with Crippen LogP contribution in [0.3, 0.4) is 0 Å². The molecule has 0 spiro atoms. The summed E-state index contributed by atoms with van der Waals surface area (Å²) in [6.07, 6.45) is 0.542. The van der Waals surface area contributed by atoms with Crippen molar-refractivity contribution >= 4 is 35.2 Å². The number of carbonyl (C=O) groups excluding carboxylic acids is 2. The molecule has 0 aliphatic rings. The van der Waals surface area contributed by atoms with Gasteiger partial charge in [-0.3, -0.25) is 9.59 Å². The maximum atomic E-state index is 13.1. The third kappa shape index (κ3) is 7.26. The number of likely N-dealkylation sites (N-methyl/N-ethyl adjacent to an activating group) is 1. The van der Waals surface area contributed by atoms with E-state index in [2.05, 4.69) is 5.32 Å². The van der Waals surface area contributed by atoms with Crippen molar-refractivity contribution < 1.29 is 14.3 Å². The molecule has 2 amide bonds. The Morgan fingerprint density at radius 2 is 1.87 bits per heavy atom. The maximum absolute atomic E-state index is 13.1. The number of nitrogens with zero attached hydrogens (tertiary/aromatic N) is 1. The molecule has 7 heteroatoms. The number of carbonyl (C=O) groups is 2. The van der Waals surface area contributed by atoms with Gasteiger partial charge >= 0.3 is 0 Å². The molecule has 1 N–H and O–H groups in total. The van der Waals surface area contributed by atoms with Crippen LogP contribution in [0.15, 0.2) is 48.5 Å². The Kier molecular flexibility index (Phi) is 10.0. The first-order chi connectivity index (χ1) is 14.5. The van der Waals surface area contributed by atoms with Crippen molar-refractivity contribution in [1.82, 2.24) is 10.2 Å². The minimum Gasteiger partial charge on any atom is -0.497 e. The van der Waals surface area contributed by atoms with Crippen molar-refractivity contribution in [3.05, 3.63) is 64.7 Å². The minimum absolute atomic E-state index is 0.0667. The highest BCUT2D eigenvalue weighted by molar-refractivity contribution is 7.99. The number of thioether (sulfide) groups is 1. The van der Waals surface area contributed by atoms with Gasteiger partial charge in [-0.05, 0) is 48.7 Å². The van der Waals surface area contributed by atoms with E-state index in [0.717, 1.165) is 16.9 Å². The Hall–Kier alpha value is -2.18. The molecular weight excluding hydrogens is 420 g/mol. The van der Waals surface area contributed by atoms with Gasteiger partial charge in [0.05, 0.1) is 12.9 Å². The normalized spacial score (nSPS) is 11.6. The average Bonchev–Trinajstić information content (AvgIpc) is 2.74. The first kappa shape index (κ1) is 24.1. The van der Waals surface area contributed by atoms with Crippen LogP contribution in [-0.2, 0) is 21.9 Å². The van der Waals surface area contributed by atoms with Crippen molar-refractivity contribution in [3.63, 3.8) is 0 Å². The standard InChI is InChI=1S/C23H29ClN2O3S/c1-4-21(23(28)25-5-2)26(14-17-8-7-11-20(13-17)29-3)22(27)16-30-15-18-9-6-10-19(24)12-18/h6-13,21H,4-5,14-16H2,1-3H3,(H,25,28)/t21-/m1/s1. The van der Waals surface area contributed by atoms with Gasteiger partial charge in [-0.1, -0.05) is 42.8 Å². The van der Waals surface area contributed by atoms with Gasteiger partial charge in [-0.25, -0.2) is 0 Å². The molecule has 0 heterocycles. The molecule has 2 aromatic rings. The van der Waals surface area contributed by atoms with Gasteiger partial charge < -0.3 is 15.0 Å². The van der Waals surface area contributed by atoms with Crippen LogP contribution in [0, 0.1) is 0 Å². The van der Waals surface area contributed by atoms with E-state index in [1.54, 1.807) is 12.0 Å². The summed E-state index contributed by atoms with van der Waals surface area (Å²) >= 11 is 7.55. The van der Waals surface area contributed by atoms with E-state index in [1.807, 2.05) is 62.4 Å². The molecular formula is C23H29ClN2O3S. The zero-order valence-electron chi connectivity index (χ0n) is 17.7. The maximum Gasteiger partial charge on any atom is 0.242 e. The SMILES string of the molecule is CCNC(=O)[C@@H](CC)N(Cc1cccc(OC)c1)C(=O)CSCc1cccc(Cl)c1. The number of nitrogens with one attached hydrogen (secondary N) is 1. The number of hydrogen-bond donors (Lipinski definition) is 1. The summed E-state index contributed by atoms with van der Waals surface area (Å²) < 4.78 is 5.30.